The maximum Gasteiger partial charge on any atom is 0.305 e. The number of carbonyl (C=O) groups excluding carboxylic acids is 6. The molecule has 2 rings (SSSR count). The number of aliphatic carboxylic acids is 1. The first-order valence-corrected chi connectivity index (χ1v) is 18.0. The first kappa shape index (κ1) is 46.4. The summed E-state index contributed by atoms with van der Waals surface area (Å²) in [6.07, 6.45) is -0.429. The number of hydrogen-bond acceptors (Lipinski definition) is 10. The number of guanidine groups is 2. The fraction of sp³-hybridized carbons (Fsp3) is 0.417. The van der Waals surface area contributed by atoms with Crippen LogP contribution in [0, 0.1) is 0 Å². The van der Waals surface area contributed by atoms with Crippen LogP contribution in [0.1, 0.15) is 43.2 Å². The fourth-order valence-electron chi connectivity index (χ4n) is 5.32. The van der Waals surface area contributed by atoms with Gasteiger partial charge in [-0.15, -0.1) is 0 Å². The maximum atomic E-state index is 13.8. The van der Waals surface area contributed by atoms with Crippen molar-refractivity contribution >= 4 is 53.3 Å². The fourth-order valence-corrected chi connectivity index (χ4v) is 5.32. The zero-order valence-corrected chi connectivity index (χ0v) is 31.4. The van der Waals surface area contributed by atoms with E-state index in [4.69, 9.17) is 34.4 Å². The summed E-state index contributed by atoms with van der Waals surface area (Å²) in [4.78, 5) is 98.5. The number of amides is 6. The number of nitrogens with zero attached hydrogens (tertiary/aromatic N) is 2. The van der Waals surface area contributed by atoms with Gasteiger partial charge >= 0.3 is 5.97 Å². The van der Waals surface area contributed by atoms with Gasteiger partial charge in [0.2, 0.25) is 35.4 Å². The lowest BCUT2D eigenvalue weighted by Gasteiger charge is -2.26. The number of hydrogen-bond donors (Lipinski definition) is 12. The highest BCUT2D eigenvalue weighted by atomic mass is 16.4. The molecule has 2 aromatic carbocycles. The molecule has 0 bridgehead atoms. The predicted molar refractivity (Wildman–Crippen MR) is 210 cm³/mol. The highest BCUT2D eigenvalue weighted by Crippen LogP contribution is 2.09. The Morgan fingerprint density at radius 3 is 1.47 bits per heavy atom. The van der Waals surface area contributed by atoms with E-state index in [1.807, 2.05) is 0 Å². The molecule has 0 spiro atoms. The van der Waals surface area contributed by atoms with Gasteiger partial charge in [-0.2, -0.15) is 0 Å². The lowest BCUT2D eigenvalue weighted by Crippen LogP contribution is -2.59. The molecule has 0 aliphatic heterocycles. The van der Waals surface area contributed by atoms with Crippen LogP contribution in [-0.2, 0) is 46.4 Å². The van der Waals surface area contributed by atoms with Crippen molar-refractivity contribution in [2.45, 2.75) is 75.2 Å². The van der Waals surface area contributed by atoms with Gasteiger partial charge in [-0.25, -0.2) is 0 Å². The number of carboxylic acid groups (broad SMARTS) is 1. The van der Waals surface area contributed by atoms with Crippen LogP contribution in [0.3, 0.4) is 0 Å². The molecule has 21 heteroatoms. The summed E-state index contributed by atoms with van der Waals surface area (Å²) < 4.78 is 0. The predicted octanol–water partition coefficient (Wildman–Crippen LogP) is -4.08. The first-order chi connectivity index (χ1) is 27.0. The summed E-state index contributed by atoms with van der Waals surface area (Å²) in [6.45, 7) is -0.250. The number of nitrogens with two attached hydrogens (primary N) is 6. The molecule has 0 heterocycles. The third-order valence-electron chi connectivity index (χ3n) is 8.16. The van der Waals surface area contributed by atoms with Gasteiger partial charge in [0.15, 0.2) is 11.9 Å². The molecular formula is C36H53N13O8. The summed E-state index contributed by atoms with van der Waals surface area (Å²) in [5.41, 5.74) is 34.0. The van der Waals surface area contributed by atoms with Crippen molar-refractivity contribution in [2.24, 2.45) is 44.4 Å². The van der Waals surface area contributed by atoms with Crippen molar-refractivity contribution in [1.82, 2.24) is 26.6 Å². The van der Waals surface area contributed by atoms with E-state index in [2.05, 4.69) is 36.6 Å². The van der Waals surface area contributed by atoms with Gasteiger partial charge in [-0.05, 0) is 36.8 Å². The van der Waals surface area contributed by atoms with E-state index in [1.165, 1.54) is 0 Å². The number of rotatable bonds is 25. The SMILES string of the molecule is NC(=O)CNC(=O)[C@H](Cc1ccccc1)NC(=O)[C@H](CCCN=C(N)N)NC(=O)[C@H](CC(=O)O)NC(=O)[C@@H](Cc1ccccc1)NC(=O)[C@@H](N)CCCN=C(N)N. The van der Waals surface area contributed by atoms with E-state index in [-0.39, 0.29) is 57.1 Å². The van der Waals surface area contributed by atoms with Crippen LogP contribution < -0.4 is 61.0 Å². The minimum atomic E-state index is -1.74. The van der Waals surface area contributed by atoms with Crippen LogP contribution in [0.25, 0.3) is 0 Å². The average Bonchev–Trinajstić information content (AvgIpc) is 3.16. The highest BCUT2D eigenvalue weighted by Gasteiger charge is 2.33. The number of aliphatic imine (C=N–C) groups is 2. The van der Waals surface area contributed by atoms with Crippen LogP contribution in [0.15, 0.2) is 70.6 Å². The molecule has 57 heavy (non-hydrogen) atoms. The summed E-state index contributed by atoms with van der Waals surface area (Å²) in [5.74, 6) is -6.90. The van der Waals surface area contributed by atoms with Gasteiger partial charge < -0.3 is 66.1 Å². The zero-order chi connectivity index (χ0) is 42.3. The molecule has 0 fully saturated rings. The van der Waals surface area contributed by atoms with Crippen LogP contribution in [0.2, 0.25) is 0 Å². The highest BCUT2D eigenvalue weighted by molar-refractivity contribution is 5.97. The van der Waals surface area contributed by atoms with Crippen LogP contribution in [0.5, 0.6) is 0 Å². The normalized spacial score (nSPS) is 13.2. The number of carboxylic acids is 1. The quantitative estimate of drug-likeness (QED) is 0.0259. The maximum absolute atomic E-state index is 13.8. The minimum Gasteiger partial charge on any atom is -0.481 e. The number of nitrogens with one attached hydrogen (secondary N) is 5. The Bertz CT molecular complexity index is 1720. The smallest absolute Gasteiger partial charge is 0.305 e. The molecule has 21 nitrogen and oxygen atoms in total. The topological polar surface area (TPSA) is 381 Å². The molecule has 310 valence electrons. The lowest BCUT2D eigenvalue weighted by atomic mass is 10.0. The van der Waals surface area contributed by atoms with E-state index >= 15 is 0 Å². The standard InChI is InChI=1S/C36H53N13O8/c37-23(13-7-15-43-35(39)40)30(53)47-26(18-22-11-5-2-6-12-22)33(56)49-27(19-29(51)52)34(57)46-24(14-8-16-44-36(41)42)32(55)48-25(31(54)45-20-28(38)50)17-21-9-3-1-4-10-21/h1-6,9-12,23-27H,7-8,13-20,37H2,(H2,38,50)(H,45,54)(H,46,57)(H,47,53)(H,48,55)(H,49,56)(H,51,52)(H4,39,40,43)(H4,41,42,44)/t23-,24-,25-,26+,27-/m0/s1. The molecule has 2 aromatic rings. The van der Waals surface area contributed by atoms with Crippen molar-refractivity contribution in [1.29, 1.82) is 0 Å². The molecule has 0 saturated carbocycles. The summed E-state index contributed by atoms with van der Waals surface area (Å²) in [7, 11) is 0. The summed E-state index contributed by atoms with van der Waals surface area (Å²) >= 11 is 0. The Kier molecular flexibility index (Phi) is 20.0. The van der Waals surface area contributed by atoms with Crippen molar-refractivity contribution in [3.63, 3.8) is 0 Å². The molecule has 0 aliphatic carbocycles. The lowest BCUT2D eigenvalue weighted by molar-refractivity contribution is -0.141. The van der Waals surface area contributed by atoms with Gasteiger partial charge in [0.1, 0.15) is 24.2 Å². The zero-order valence-electron chi connectivity index (χ0n) is 31.4. The molecule has 6 amide bonds. The van der Waals surface area contributed by atoms with E-state index in [0.717, 1.165) is 0 Å². The number of carbonyl (C=O) groups is 7. The summed E-state index contributed by atoms with van der Waals surface area (Å²) in [5, 5.41) is 22.1. The number of primary amides is 1. The van der Waals surface area contributed by atoms with Crippen LogP contribution in [-0.4, -0.2) is 108 Å². The largest absolute Gasteiger partial charge is 0.481 e. The number of benzene rings is 2. The Hall–Kier alpha value is -6.77. The summed E-state index contributed by atoms with van der Waals surface area (Å²) in [6, 6.07) is 10.4. The van der Waals surface area contributed by atoms with Crippen molar-refractivity contribution < 1.29 is 38.7 Å². The molecule has 18 N–H and O–H groups in total. The Morgan fingerprint density at radius 1 is 0.561 bits per heavy atom. The van der Waals surface area contributed by atoms with E-state index in [1.54, 1.807) is 60.7 Å². The Labute approximate surface area is 329 Å². The Balaban J connectivity index is 2.35. The van der Waals surface area contributed by atoms with Gasteiger partial charge in [0.25, 0.3) is 0 Å². The monoisotopic (exact) mass is 795 g/mol. The third-order valence-corrected chi connectivity index (χ3v) is 8.16. The van der Waals surface area contributed by atoms with Gasteiger partial charge in [0.05, 0.1) is 19.0 Å². The van der Waals surface area contributed by atoms with Crippen molar-refractivity contribution in [2.75, 3.05) is 19.6 Å². The van der Waals surface area contributed by atoms with E-state index in [9.17, 15) is 38.7 Å². The minimum absolute atomic E-state index is 0.0159. The average molecular weight is 796 g/mol. The van der Waals surface area contributed by atoms with Gasteiger partial charge in [-0.1, -0.05) is 60.7 Å². The molecule has 0 unspecified atom stereocenters. The molecule has 0 radical (unpaired) electrons. The molecule has 0 aliphatic rings. The third kappa shape index (κ3) is 18.9. The van der Waals surface area contributed by atoms with Crippen LogP contribution >= 0.6 is 0 Å². The second-order valence-corrected chi connectivity index (χ2v) is 12.9. The second-order valence-electron chi connectivity index (χ2n) is 12.9. The Morgan fingerprint density at radius 2 is 0.982 bits per heavy atom. The van der Waals surface area contributed by atoms with Gasteiger partial charge in [0, 0.05) is 25.9 Å². The molecular weight excluding hydrogens is 742 g/mol. The molecule has 0 aromatic heterocycles. The van der Waals surface area contributed by atoms with Crippen LogP contribution in [0.4, 0.5) is 0 Å². The second kappa shape index (κ2) is 24.6. The van der Waals surface area contributed by atoms with Crippen molar-refractivity contribution in [3.05, 3.63) is 71.8 Å². The molecule has 0 saturated heterocycles. The van der Waals surface area contributed by atoms with E-state index in [0.29, 0.717) is 17.5 Å². The molecule has 5 atom stereocenters. The van der Waals surface area contributed by atoms with Gasteiger partial charge in [-0.3, -0.25) is 43.5 Å². The van der Waals surface area contributed by atoms with E-state index < -0.39 is 84.6 Å². The first-order valence-electron chi connectivity index (χ1n) is 18.0. The van der Waals surface area contributed by atoms with Crippen molar-refractivity contribution in [3.8, 4) is 0 Å².